The van der Waals surface area contributed by atoms with Crippen molar-refractivity contribution in [2.45, 2.75) is 13.3 Å². The van der Waals surface area contributed by atoms with Crippen molar-refractivity contribution in [3.8, 4) is 0 Å². The summed E-state index contributed by atoms with van der Waals surface area (Å²) in [7, 11) is 0. The predicted molar refractivity (Wildman–Crippen MR) is 67.2 cm³/mol. The van der Waals surface area contributed by atoms with Gasteiger partial charge in [-0.2, -0.15) is 0 Å². The average molecular weight is 217 g/mol. The lowest BCUT2D eigenvalue weighted by atomic mass is 10.1. The molecule has 1 saturated heterocycles. The number of rotatable bonds is 3. The Labute approximate surface area is 97.5 Å². The van der Waals surface area contributed by atoms with E-state index in [-0.39, 0.29) is 0 Å². The molecule has 0 spiro atoms. The third-order valence-electron chi connectivity index (χ3n) is 3.09. The molecule has 1 aromatic rings. The van der Waals surface area contributed by atoms with Crippen LogP contribution in [0.15, 0.2) is 30.8 Å². The zero-order valence-corrected chi connectivity index (χ0v) is 9.91. The number of morpholine rings is 1. The smallest absolute Gasteiger partial charge is 0.0642 e. The van der Waals surface area contributed by atoms with Crippen LogP contribution in [0, 0.1) is 0 Å². The van der Waals surface area contributed by atoms with Gasteiger partial charge in [-0.1, -0.05) is 37.8 Å². The fraction of sp³-hybridized carbons (Fsp3) is 0.429. The normalized spacial score (nSPS) is 16.2. The number of hydrogen-bond donors (Lipinski definition) is 0. The average Bonchev–Trinajstić information content (AvgIpc) is 2.39. The van der Waals surface area contributed by atoms with E-state index < -0.39 is 0 Å². The second-order valence-corrected chi connectivity index (χ2v) is 4.10. The summed E-state index contributed by atoms with van der Waals surface area (Å²) in [6.07, 6.45) is 1.09. The highest BCUT2D eigenvalue weighted by Crippen LogP contribution is 2.19. The van der Waals surface area contributed by atoms with Crippen molar-refractivity contribution in [3.05, 3.63) is 42.0 Å². The first kappa shape index (κ1) is 11.2. The molecule has 0 aromatic heterocycles. The molecular weight excluding hydrogens is 198 g/mol. The maximum absolute atomic E-state index is 5.34. The number of aryl methyl sites for hydroxylation is 1. The zero-order chi connectivity index (χ0) is 11.4. The van der Waals surface area contributed by atoms with Gasteiger partial charge in [0.25, 0.3) is 0 Å². The number of nitrogens with zero attached hydrogens (tertiary/aromatic N) is 1. The van der Waals surface area contributed by atoms with Gasteiger partial charge in [0.1, 0.15) is 0 Å². The summed E-state index contributed by atoms with van der Waals surface area (Å²) >= 11 is 0. The molecule has 0 radical (unpaired) electrons. The summed E-state index contributed by atoms with van der Waals surface area (Å²) in [5.74, 6) is 0. The van der Waals surface area contributed by atoms with Crippen molar-refractivity contribution in [3.63, 3.8) is 0 Å². The molecule has 0 unspecified atom stereocenters. The second kappa shape index (κ2) is 5.17. The van der Waals surface area contributed by atoms with Crippen LogP contribution in [0.25, 0.3) is 5.70 Å². The van der Waals surface area contributed by atoms with E-state index in [0.717, 1.165) is 38.4 Å². The molecule has 1 aromatic carbocycles. The van der Waals surface area contributed by atoms with E-state index in [1.54, 1.807) is 0 Å². The van der Waals surface area contributed by atoms with Crippen molar-refractivity contribution < 1.29 is 4.74 Å². The summed E-state index contributed by atoms with van der Waals surface area (Å²) in [6.45, 7) is 9.88. The van der Waals surface area contributed by atoms with Crippen molar-refractivity contribution in [1.82, 2.24) is 4.90 Å². The molecule has 1 fully saturated rings. The summed E-state index contributed by atoms with van der Waals surface area (Å²) < 4.78 is 5.34. The third-order valence-corrected chi connectivity index (χ3v) is 3.09. The number of benzene rings is 1. The molecule has 1 heterocycles. The predicted octanol–water partition coefficient (Wildman–Crippen LogP) is 2.55. The second-order valence-electron chi connectivity index (χ2n) is 4.10. The van der Waals surface area contributed by atoms with Crippen LogP contribution in [-0.2, 0) is 11.2 Å². The van der Waals surface area contributed by atoms with Crippen LogP contribution in [0.5, 0.6) is 0 Å². The SMILES string of the molecule is C=C(c1ccc(CC)cc1)N1CCOCC1. The minimum atomic E-state index is 0.812. The van der Waals surface area contributed by atoms with Crippen LogP contribution in [0.1, 0.15) is 18.1 Å². The van der Waals surface area contributed by atoms with E-state index in [9.17, 15) is 0 Å². The molecule has 0 amide bonds. The van der Waals surface area contributed by atoms with Crippen LogP contribution < -0.4 is 0 Å². The molecule has 1 aliphatic heterocycles. The summed E-state index contributed by atoms with van der Waals surface area (Å²) in [5, 5.41) is 0. The van der Waals surface area contributed by atoms with E-state index in [1.807, 2.05) is 0 Å². The molecule has 0 saturated carbocycles. The van der Waals surface area contributed by atoms with Gasteiger partial charge in [-0.25, -0.2) is 0 Å². The maximum Gasteiger partial charge on any atom is 0.0642 e. The van der Waals surface area contributed by atoms with E-state index in [2.05, 4.69) is 42.7 Å². The molecule has 0 N–H and O–H groups in total. The monoisotopic (exact) mass is 217 g/mol. The molecule has 2 nitrogen and oxygen atoms in total. The highest BCUT2D eigenvalue weighted by molar-refractivity contribution is 5.62. The minimum Gasteiger partial charge on any atom is -0.378 e. The van der Waals surface area contributed by atoms with Crippen molar-refractivity contribution in [2.75, 3.05) is 26.3 Å². The Morgan fingerprint density at radius 2 is 1.88 bits per heavy atom. The van der Waals surface area contributed by atoms with Gasteiger partial charge in [0, 0.05) is 18.8 Å². The van der Waals surface area contributed by atoms with Crippen molar-refractivity contribution in [2.24, 2.45) is 0 Å². The van der Waals surface area contributed by atoms with Gasteiger partial charge < -0.3 is 9.64 Å². The Hall–Kier alpha value is -1.28. The Kier molecular flexibility index (Phi) is 3.62. The molecule has 2 heteroatoms. The lowest BCUT2D eigenvalue weighted by molar-refractivity contribution is 0.0641. The molecule has 2 rings (SSSR count). The highest BCUT2D eigenvalue weighted by Gasteiger charge is 2.12. The van der Waals surface area contributed by atoms with Crippen LogP contribution in [0.2, 0.25) is 0 Å². The van der Waals surface area contributed by atoms with Gasteiger partial charge in [0.15, 0.2) is 0 Å². The first-order valence-corrected chi connectivity index (χ1v) is 5.92. The van der Waals surface area contributed by atoms with E-state index in [0.29, 0.717) is 0 Å². The standard InChI is InChI=1S/C14H19NO/c1-3-13-4-6-14(7-5-13)12(2)15-8-10-16-11-9-15/h4-7H,2-3,8-11H2,1H3. The van der Waals surface area contributed by atoms with Gasteiger partial charge in [-0.15, -0.1) is 0 Å². The first-order chi connectivity index (χ1) is 7.81. The first-order valence-electron chi connectivity index (χ1n) is 5.92. The van der Waals surface area contributed by atoms with Gasteiger partial charge in [0.05, 0.1) is 13.2 Å². The van der Waals surface area contributed by atoms with Gasteiger partial charge in [-0.3, -0.25) is 0 Å². The van der Waals surface area contributed by atoms with Crippen LogP contribution in [0.3, 0.4) is 0 Å². The Balaban J connectivity index is 2.07. The minimum absolute atomic E-state index is 0.812. The quantitative estimate of drug-likeness (QED) is 0.771. The van der Waals surface area contributed by atoms with Gasteiger partial charge in [0.2, 0.25) is 0 Å². The summed E-state index contributed by atoms with van der Waals surface area (Å²) in [5.41, 5.74) is 3.71. The lowest BCUT2D eigenvalue weighted by Crippen LogP contribution is -2.34. The van der Waals surface area contributed by atoms with E-state index in [4.69, 9.17) is 4.74 Å². The summed E-state index contributed by atoms with van der Waals surface area (Å²) in [4.78, 5) is 2.30. The highest BCUT2D eigenvalue weighted by atomic mass is 16.5. The van der Waals surface area contributed by atoms with Gasteiger partial charge >= 0.3 is 0 Å². The molecule has 86 valence electrons. The Morgan fingerprint density at radius 1 is 1.25 bits per heavy atom. The van der Waals surface area contributed by atoms with Crippen molar-refractivity contribution in [1.29, 1.82) is 0 Å². The number of ether oxygens (including phenoxy) is 1. The van der Waals surface area contributed by atoms with Crippen molar-refractivity contribution >= 4 is 5.70 Å². The van der Waals surface area contributed by atoms with Crippen LogP contribution in [-0.4, -0.2) is 31.2 Å². The van der Waals surface area contributed by atoms with Crippen LogP contribution >= 0.6 is 0 Å². The third kappa shape index (κ3) is 2.45. The Morgan fingerprint density at radius 3 is 2.44 bits per heavy atom. The molecule has 0 atom stereocenters. The molecular formula is C14H19NO. The summed E-state index contributed by atoms with van der Waals surface area (Å²) in [6, 6.07) is 8.69. The molecule has 0 bridgehead atoms. The van der Waals surface area contributed by atoms with E-state index >= 15 is 0 Å². The lowest BCUT2D eigenvalue weighted by Gasteiger charge is -2.30. The fourth-order valence-electron chi connectivity index (χ4n) is 1.95. The Bertz CT molecular complexity index is 350. The maximum atomic E-state index is 5.34. The van der Waals surface area contributed by atoms with Crippen LogP contribution in [0.4, 0.5) is 0 Å². The molecule has 1 aliphatic rings. The molecule has 16 heavy (non-hydrogen) atoms. The van der Waals surface area contributed by atoms with E-state index in [1.165, 1.54) is 11.1 Å². The van der Waals surface area contributed by atoms with Gasteiger partial charge in [-0.05, 0) is 17.5 Å². The molecule has 0 aliphatic carbocycles. The topological polar surface area (TPSA) is 12.5 Å². The number of hydrogen-bond acceptors (Lipinski definition) is 2. The fourth-order valence-corrected chi connectivity index (χ4v) is 1.95. The zero-order valence-electron chi connectivity index (χ0n) is 9.91. The largest absolute Gasteiger partial charge is 0.378 e.